The summed E-state index contributed by atoms with van der Waals surface area (Å²) in [7, 11) is 0. The summed E-state index contributed by atoms with van der Waals surface area (Å²) in [5.41, 5.74) is 15.9. The summed E-state index contributed by atoms with van der Waals surface area (Å²) in [5.74, 6) is 0. The molecular formula is C56H37N. The van der Waals surface area contributed by atoms with Crippen molar-refractivity contribution >= 4 is 43.4 Å². The molecule has 0 radical (unpaired) electrons. The lowest BCUT2D eigenvalue weighted by molar-refractivity contribution is 1.18. The molecular weight excluding hydrogens is 687 g/mol. The Morgan fingerprint density at radius 2 is 0.649 bits per heavy atom. The van der Waals surface area contributed by atoms with E-state index in [0.29, 0.717) is 0 Å². The summed E-state index contributed by atoms with van der Waals surface area (Å²) in [5, 5.41) is 7.52. The molecule has 0 amide bonds. The molecule has 0 aliphatic heterocycles. The Morgan fingerprint density at radius 1 is 0.228 bits per heavy atom. The first-order chi connectivity index (χ1) is 28.3. The summed E-state index contributed by atoms with van der Waals surface area (Å²) >= 11 is 0. The fraction of sp³-hybridized carbons (Fsp3) is 0. The van der Waals surface area contributed by atoms with E-state index >= 15 is 0 Å². The minimum atomic E-state index is 1.15. The van der Waals surface area contributed by atoms with Crippen molar-refractivity contribution in [1.29, 1.82) is 0 Å². The number of aromatic nitrogens is 1. The Bertz CT molecular complexity index is 3190. The fourth-order valence-corrected chi connectivity index (χ4v) is 8.99. The van der Waals surface area contributed by atoms with Crippen LogP contribution in [0, 0.1) is 0 Å². The van der Waals surface area contributed by atoms with Gasteiger partial charge in [-0.15, -0.1) is 0 Å². The van der Waals surface area contributed by atoms with E-state index in [-0.39, 0.29) is 0 Å². The van der Waals surface area contributed by atoms with Crippen LogP contribution in [-0.4, -0.2) is 4.57 Å². The molecule has 11 rings (SSSR count). The van der Waals surface area contributed by atoms with E-state index in [1.165, 1.54) is 99.0 Å². The van der Waals surface area contributed by atoms with Gasteiger partial charge in [-0.1, -0.05) is 194 Å². The summed E-state index contributed by atoms with van der Waals surface area (Å²) < 4.78 is 2.41. The minimum absolute atomic E-state index is 1.15. The maximum Gasteiger partial charge on any atom is 0.0541 e. The zero-order valence-corrected chi connectivity index (χ0v) is 31.3. The summed E-state index contributed by atoms with van der Waals surface area (Å²) in [6, 6.07) is 81.8. The Hall–Kier alpha value is -7.48. The molecule has 0 fully saturated rings. The van der Waals surface area contributed by atoms with Crippen molar-refractivity contribution in [2.24, 2.45) is 0 Å². The van der Waals surface area contributed by atoms with Crippen LogP contribution in [0.3, 0.4) is 0 Å². The molecule has 266 valence electrons. The number of para-hydroxylation sites is 1. The molecule has 1 heteroatoms. The Kier molecular flexibility index (Phi) is 7.89. The number of rotatable bonds is 6. The Labute approximate surface area is 332 Å². The van der Waals surface area contributed by atoms with Crippen LogP contribution >= 0.6 is 0 Å². The van der Waals surface area contributed by atoms with Gasteiger partial charge in [0.05, 0.1) is 11.0 Å². The second-order valence-electron chi connectivity index (χ2n) is 14.8. The molecule has 10 aromatic carbocycles. The van der Waals surface area contributed by atoms with Gasteiger partial charge in [0, 0.05) is 16.5 Å². The van der Waals surface area contributed by atoms with Gasteiger partial charge in [0.1, 0.15) is 0 Å². The van der Waals surface area contributed by atoms with Crippen LogP contribution in [0.1, 0.15) is 0 Å². The first kappa shape index (κ1) is 32.9. The highest BCUT2D eigenvalue weighted by molar-refractivity contribution is 6.22. The van der Waals surface area contributed by atoms with E-state index in [2.05, 4.69) is 229 Å². The molecule has 1 heterocycles. The largest absolute Gasteiger partial charge is 0.309 e. The third-order valence-corrected chi connectivity index (χ3v) is 11.6. The monoisotopic (exact) mass is 723 g/mol. The van der Waals surface area contributed by atoms with Gasteiger partial charge in [-0.3, -0.25) is 0 Å². The molecule has 1 aromatic heterocycles. The van der Waals surface area contributed by atoms with Crippen molar-refractivity contribution in [1.82, 2.24) is 4.57 Å². The average molecular weight is 724 g/mol. The fourth-order valence-electron chi connectivity index (χ4n) is 8.99. The zero-order chi connectivity index (χ0) is 37.7. The van der Waals surface area contributed by atoms with Gasteiger partial charge in [-0.05, 0) is 108 Å². The van der Waals surface area contributed by atoms with Gasteiger partial charge in [0.25, 0.3) is 0 Å². The summed E-state index contributed by atoms with van der Waals surface area (Å²) in [6.45, 7) is 0. The van der Waals surface area contributed by atoms with Gasteiger partial charge < -0.3 is 4.57 Å². The highest BCUT2D eigenvalue weighted by Crippen LogP contribution is 2.46. The second kappa shape index (κ2) is 13.7. The Balaban J connectivity index is 1.04. The third-order valence-electron chi connectivity index (χ3n) is 11.6. The Morgan fingerprint density at radius 3 is 1.28 bits per heavy atom. The van der Waals surface area contributed by atoms with E-state index in [4.69, 9.17) is 0 Å². The normalized spacial score (nSPS) is 11.5. The molecule has 0 N–H and O–H groups in total. The van der Waals surface area contributed by atoms with Crippen LogP contribution in [0.2, 0.25) is 0 Å². The molecule has 0 unspecified atom stereocenters. The van der Waals surface area contributed by atoms with Gasteiger partial charge in [0.15, 0.2) is 0 Å². The predicted molar refractivity (Wildman–Crippen MR) is 243 cm³/mol. The van der Waals surface area contributed by atoms with Crippen LogP contribution in [0.5, 0.6) is 0 Å². The maximum atomic E-state index is 2.41. The molecule has 11 aromatic rings. The van der Waals surface area contributed by atoms with Gasteiger partial charge in [-0.2, -0.15) is 0 Å². The molecule has 0 saturated heterocycles. The average Bonchev–Trinajstić information content (AvgIpc) is 3.62. The number of hydrogen-bond donors (Lipinski definition) is 0. The number of nitrogens with zero attached hydrogens (tertiary/aromatic N) is 1. The van der Waals surface area contributed by atoms with E-state index in [0.717, 1.165) is 5.69 Å². The molecule has 0 aliphatic carbocycles. The van der Waals surface area contributed by atoms with Crippen LogP contribution in [-0.2, 0) is 0 Å². The molecule has 0 bridgehead atoms. The molecule has 0 aliphatic rings. The van der Waals surface area contributed by atoms with Crippen LogP contribution < -0.4 is 0 Å². The van der Waals surface area contributed by atoms with Gasteiger partial charge in [-0.25, -0.2) is 0 Å². The van der Waals surface area contributed by atoms with Crippen molar-refractivity contribution in [3.63, 3.8) is 0 Å². The standard InChI is InChI=1S/C56H37N/c1-3-15-38(16-4-1)39-27-29-40(30-28-39)43-33-36-54-52(37-43)46-20-13-14-26-53(46)57(54)44-34-31-42(32-35-44)55-48-22-9-11-24-50(48)56(51-25-12-10-23-49(51)55)47-21-8-7-19-45(47)41-17-5-2-6-18-41/h1-37H. The van der Waals surface area contributed by atoms with Crippen LogP contribution in [0.25, 0.3) is 105 Å². The third kappa shape index (κ3) is 5.55. The van der Waals surface area contributed by atoms with Gasteiger partial charge >= 0.3 is 0 Å². The zero-order valence-electron chi connectivity index (χ0n) is 31.3. The van der Waals surface area contributed by atoms with E-state index in [9.17, 15) is 0 Å². The topological polar surface area (TPSA) is 4.93 Å². The van der Waals surface area contributed by atoms with Gasteiger partial charge in [0.2, 0.25) is 0 Å². The van der Waals surface area contributed by atoms with Crippen LogP contribution in [0.15, 0.2) is 224 Å². The number of benzene rings is 10. The first-order valence-corrected chi connectivity index (χ1v) is 19.7. The highest BCUT2D eigenvalue weighted by atomic mass is 15.0. The first-order valence-electron chi connectivity index (χ1n) is 19.7. The van der Waals surface area contributed by atoms with Crippen molar-refractivity contribution in [3.05, 3.63) is 224 Å². The molecule has 0 saturated carbocycles. The number of hydrogen-bond acceptors (Lipinski definition) is 0. The minimum Gasteiger partial charge on any atom is -0.309 e. The predicted octanol–water partition coefficient (Wildman–Crippen LogP) is 15.4. The van der Waals surface area contributed by atoms with Crippen molar-refractivity contribution in [3.8, 4) is 61.3 Å². The second-order valence-corrected chi connectivity index (χ2v) is 14.8. The summed E-state index contributed by atoms with van der Waals surface area (Å²) in [6.07, 6.45) is 0. The van der Waals surface area contributed by atoms with Crippen molar-refractivity contribution in [2.45, 2.75) is 0 Å². The molecule has 57 heavy (non-hydrogen) atoms. The lowest BCUT2D eigenvalue weighted by Crippen LogP contribution is -1.95. The lowest BCUT2D eigenvalue weighted by atomic mass is 9.84. The smallest absolute Gasteiger partial charge is 0.0541 e. The van der Waals surface area contributed by atoms with Crippen LogP contribution in [0.4, 0.5) is 0 Å². The lowest BCUT2D eigenvalue weighted by Gasteiger charge is -2.20. The SMILES string of the molecule is c1ccc(-c2ccc(-c3ccc4c(c3)c3ccccc3n4-c3ccc(-c4c5ccccc5c(-c5ccccc5-c5ccccc5)c5ccccc45)cc3)cc2)cc1. The molecule has 0 spiro atoms. The van der Waals surface area contributed by atoms with E-state index < -0.39 is 0 Å². The highest BCUT2D eigenvalue weighted by Gasteiger charge is 2.19. The summed E-state index contributed by atoms with van der Waals surface area (Å²) in [4.78, 5) is 0. The maximum absolute atomic E-state index is 2.41. The van der Waals surface area contributed by atoms with Crippen molar-refractivity contribution < 1.29 is 0 Å². The van der Waals surface area contributed by atoms with Crippen molar-refractivity contribution in [2.75, 3.05) is 0 Å². The molecule has 0 atom stereocenters. The van der Waals surface area contributed by atoms with E-state index in [1.54, 1.807) is 0 Å². The van der Waals surface area contributed by atoms with E-state index in [1.807, 2.05) is 0 Å². The number of fused-ring (bicyclic) bond motifs is 5. The molecule has 1 nitrogen and oxygen atoms in total. The quantitative estimate of drug-likeness (QED) is 0.151.